The van der Waals surface area contributed by atoms with Gasteiger partial charge in [0.1, 0.15) is 0 Å². The normalized spacial score (nSPS) is 16.8. The van der Waals surface area contributed by atoms with Crippen LogP contribution in [0.3, 0.4) is 0 Å². The van der Waals surface area contributed by atoms with Gasteiger partial charge in [0.05, 0.1) is 6.07 Å². The first-order valence-corrected chi connectivity index (χ1v) is 3.69. The third-order valence-corrected chi connectivity index (χ3v) is 1.89. The van der Waals surface area contributed by atoms with Crippen molar-refractivity contribution >= 4 is 5.97 Å². The molecular formula is C9H9NO2. The van der Waals surface area contributed by atoms with Crippen LogP contribution in [0.1, 0.15) is 19.8 Å². The van der Waals surface area contributed by atoms with Gasteiger partial charge in [-0.25, -0.2) is 4.79 Å². The first-order valence-electron chi connectivity index (χ1n) is 3.69. The van der Waals surface area contributed by atoms with Crippen LogP contribution in [0.15, 0.2) is 22.8 Å². The number of nitriles is 1. The quantitative estimate of drug-likeness (QED) is 0.629. The molecule has 62 valence electrons. The van der Waals surface area contributed by atoms with Gasteiger partial charge in [0.2, 0.25) is 0 Å². The van der Waals surface area contributed by atoms with Crippen molar-refractivity contribution in [2.24, 2.45) is 0 Å². The van der Waals surface area contributed by atoms with Crippen molar-refractivity contribution in [2.75, 3.05) is 0 Å². The van der Waals surface area contributed by atoms with Crippen LogP contribution < -0.4 is 0 Å². The van der Waals surface area contributed by atoms with Gasteiger partial charge >= 0.3 is 5.97 Å². The Kier molecular flexibility index (Phi) is 2.29. The molecule has 1 aliphatic rings. The number of carbonyl (C=O) groups is 1. The van der Waals surface area contributed by atoms with E-state index in [2.05, 4.69) is 0 Å². The molecule has 1 aliphatic carbocycles. The highest BCUT2D eigenvalue weighted by Crippen LogP contribution is 2.28. The van der Waals surface area contributed by atoms with E-state index in [0.29, 0.717) is 0 Å². The van der Waals surface area contributed by atoms with Crippen LogP contribution in [-0.2, 0) is 4.79 Å². The Balaban J connectivity index is 2.83. The number of aliphatic carboxylic acids is 1. The molecule has 0 amide bonds. The third kappa shape index (κ3) is 1.54. The molecule has 0 saturated carbocycles. The zero-order valence-corrected chi connectivity index (χ0v) is 6.79. The smallest absolute Gasteiger partial charge is 0.331 e. The van der Waals surface area contributed by atoms with Gasteiger partial charge in [-0.2, -0.15) is 5.26 Å². The molecule has 0 radical (unpaired) electrons. The molecule has 0 saturated heterocycles. The van der Waals surface area contributed by atoms with E-state index in [1.165, 1.54) is 6.92 Å². The zero-order valence-electron chi connectivity index (χ0n) is 6.79. The maximum Gasteiger partial charge on any atom is 0.331 e. The number of carboxylic acids is 1. The lowest BCUT2D eigenvalue weighted by Crippen LogP contribution is -2.03. The fourth-order valence-corrected chi connectivity index (χ4v) is 1.00. The van der Waals surface area contributed by atoms with E-state index in [-0.39, 0.29) is 5.57 Å². The van der Waals surface area contributed by atoms with Crippen molar-refractivity contribution in [2.45, 2.75) is 19.8 Å². The molecule has 0 aromatic rings. The van der Waals surface area contributed by atoms with Crippen molar-refractivity contribution in [1.29, 1.82) is 5.26 Å². The summed E-state index contributed by atoms with van der Waals surface area (Å²) >= 11 is 0. The van der Waals surface area contributed by atoms with Crippen molar-refractivity contribution < 1.29 is 9.90 Å². The summed E-state index contributed by atoms with van der Waals surface area (Å²) in [7, 11) is 0. The predicted octanol–water partition coefficient (Wildman–Crippen LogP) is 1.63. The maximum atomic E-state index is 10.4. The first kappa shape index (κ1) is 8.54. The summed E-state index contributed by atoms with van der Waals surface area (Å²) in [5.74, 6) is -0.924. The van der Waals surface area contributed by atoms with E-state index >= 15 is 0 Å². The minimum absolute atomic E-state index is 0.289. The highest BCUT2D eigenvalue weighted by Gasteiger charge is 2.15. The first-order chi connectivity index (χ1) is 5.65. The van der Waals surface area contributed by atoms with Gasteiger partial charge in [0.15, 0.2) is 0 Å². The Morgan fingerprint density at radius 3 is 2.67 bits per heavy atom. The summed E-state index contributed by atoms with van der Waals surface area (Å²) in [5.41, 5.74) is 1.88. The van der Waals surface area contributed by atoms with E-state index in [9.17, 15) is 4.79 Å². The van der Waals surface area contributed by atoms with Crippen molar-refractivity contribution in [3.63, 3.8) is 0 Å². The number of hydrogen-bond donors (Lipinski definition) is 1. The van der Waals surface area contributed by atoms with E-state index < -0.39 is 5.97 Å². The highest BCUT2D eigenvalue weighted by atomic mass is 16.4. The molecule has 1 N–H and O–H groups in total. The van der Waals surface area contributed by atoms with Crippen LogP contribution in [0.5, 0.6) is 0 Å². The Hall–Kier alpha value is -1.56. The molecule has 0 bridgehead atoms. The molecule has 0 spiro atoms. The van der Waals surface area contributed by atoms with Crippen LogP contribution >= 0.6 is 0 Å². The average Bonchev–Trinajstić information content (AvgIpc) is 1.98. The summed E-state index contributed by atoms with van der Waals surface area (Å²) < 4.78 is 0. The van der Waals surface area contributed by atoms with Crippen LogP contribution in [-0.4, -0.2) is 11.1 Å². The maximum absolute atomic E-state index is 10.4. The molecule has 0 aromatic heterocycles. The predicted molar refractivity (Wildman–Crippen MR) is 43.3 cm³/mol. The highest BCUT2D eigenvalue weighted by molar-refractivity contribution is 5.86. The zero-order chi connectivity index (χ0) is 9.14. The SMILES string of the molecule is CC(=CC1=C(C#N)CC1)C(=O)O. The number of allylic oxidation sites excluding steroid dienone is 3. The van der Waals surface area contributed by atoms with Gasteiger partial charge in [-0.3, -0.25) is 0 Å². The van der Waals surface area contributed by atoms with Gasteiger partial charge in [-0.05, 0) is 31.4 Å². The Morgan fingerprint density at radius 2 is 2.33 bits per heavy atom. The van der Waals surface area contributed by atoms with Gasteiger partial charge in [0.25, 0.3) is 0 Å². The number of hydrogen-bond acceptors (Lipinski definition) is 2. The second-order valence-electron chi connectivity index (χ2n) is 2.75. The molecule has 0 heterocycles. The average molecular weight is 163 g/mol. The lowest BCUT2D eigenvalue weighted by molar-refractivity contribution is -0.132. The van der Waals surface area contributed by atoms with E-state index in [1.54, 1.807) is 6.08 Å². The second kappa shape index (κ2) is 3.22. The summed E-state index contributed by atoms with van der Waals surface area (Å²) in [4.78, 5) is 10.4. The standard InChI is InChI=1S/C9H9NO2/c1-6(9(11)12)4-7-2-3-8(7)5-10/h4H,2-3H2,1H3,(H,11,12). The lowest BCUT2D eigenvalue weighted by Gasteiger charge is -2.14. The molecular weight excluding hydrogens is 154 g/mol. The Labute approximate surface area is 70.6 Å². The van der Waals surface area contributed by atoms with Gasteiger partial charge in [-0.1, -0.05) is 0 Å². The molecule has 0 aromatic carbocycles. The molecule has 0 unspecified atom stereocenters. The van der Waals surface area contributed by atoms with Gasteiger partial charge in [0, 0.05) is 11.1 Å². The van der Waals surface area contributed by atoms with Crippen LogP contribution in [0.25, 0.3) is 0 Å². The van der Waals surface area contributed by atoms with E-state index in [1.807, 2.05) is 6.07 Å². The molecule has 0 aliphatic heterocycles. The Morgan fingerprint density at radius 1 is 1.67 bits per heavy atom. The summed E-state index contributed by atoms with van der Waals surface area (Å²) in [5, 5.41) is 17.1. The molecule has 0 atom stereocenters. The fourth-order valence-electron chi connectivity index (χ4n) is 1.00. The molecule has 3 heteroatoms. The fraction of sp³-hybridized carbons (Fsp3) is 0.333. The summed E-state index contributed by atoms with van der Waals surface area (Å²) in [6, 6.07) is 2.04. The summed E-state index contributed by atoms with van der Waals surface area (Å²) in [6.45, 7) is 1.53. The van der Waals surface area contributed by atoms with Crippen LogP contribution in [0.4, 0.5) is 0 Å². The van der Waals surface area contributed by atoms with Crippen molar-refractivity contribution in [1.82, 2.24) is 0 Å². The minimum atomic E-state index is -0.924. The molecule has 0 fully saturated rings. The topological polar surface area (TPSA) is 61.1 Å². The summed E-state index contributed by atoms with van der Waals surface area (Å²) in [6.07, 6.45) is 3.19. The monoisotopic (exact) mass is 163 g/mol. The Bertz CT molecular complexity index is 318. The lowest BCUT2D eigenvalue weighted by atomic mass is 9.88. The van der Waals surface area contributed by atoms with E-state index in [0.717, 1.165) is 24.0 Å². The molecule has 12 heavy (non-hydrogen) atoms. The van der Waals surface area contributed by atoms with Crippen molar-refractivity contribution in [3.8, 4) is 6.07 Å². The second-order valence-corrected chi connectivity index (χ2v) is 2.75. The van der Waals surface area contributed by atoms with Gasteiger partial charge < -0.3 is 5.11 Å². The van der Waals surface area contributed by atoms with Crippen molar-refractivity contribution in [3.05, 3.63) is 22.8 Å². The van der Waals surface area contributed by atoms with Crippen LogP contribution in [0.2, 0.25) is 0 Å². The minimum Gasteiger partial charge on any atom is -0.478 e. The largest absolute Gasteiger partial charge is 0.478 e. The van der Waals surface area contributed by atoms with E-state index in [4.69, 9.17) is 10.4 Å². The molecule has 1 rings (SSSR count). The molecule has 3 nitrogen and oxygen atoms in total. The number of carboxylic acid groups (broad SMARTS) is 1. The van der Waals surface area contributed by atoms with Gasteiger partial charge in [-0.15, -0.1) is 0 Å². The number of rotatable bonds is 2. The third-order valence-electron chi connectivity index (χ3n) is 1.89. The number of nitrogens with zero attached hydrogens (tertiary/aromatic N) is 1. The van der Waals surface area contributed by atoms with Crippen LogP contribution in [0, 0.1) is 11.3 Å².